The van der Waals surface area contributed by atoms with E-state index in [0.717, 1.165) is 23.9 Å². The van der Waals surface area contributed by atoms with Crippen LogP contribution in [-0.4, -0.2) is 29.5 Å². The smallest absolute Gasteiger partial charge is 0.122 e. The fraction of sp³-hybridized carbons (Fsp3) is 0.533. The van der Waals surface area contributed by atoms with Crippen molar-refractivity contribution in [1.82, 2.24) is 15.2 Å². The van der Waals surface area contributed by atoms with Crippen LogP contribution in [0, 0.1) is 6.92 Å². The second kappa shape index (κ2) is 6.52. The highest BCUT2D eigenvalue weighted by Crippen LogP contribution is 2.25. The third kappa shape index (κ3) is 3.29. The molecule has 1 aliphatic rings. The summed E-state index contributed by atoms with van der Waals surface area (Å²) in [6, 6.07) is 4.41. The van der Waals surface area contributed by atoms with Gasteiger partial charge in [0, 0.05) is 24.2 Å². The molecule has 0 spiro atoms. The molecule has 1 unspecified atom stereocenters. The lowest BCUT2D eigenvalue weighted by Gasteiger charge is -2.26. The maximum Gasteiger partial charge on any atom is 0.122 e. The molecule has 2 aromatic rings. The second-order valence-electron chi connectivity index (χ2n) is 5.25. The molecule has 1 saturated heterocycles. The van der Waals surface area contributed by atoms with Crippen molar-refractivity contribution < 1.29 is 4.42 Å². The zero-order valence-corrected chi connectivity index (χ0v) is 12.7. The van der Waals surface area contributed by atoms with Crippen LogP contribution in [0.15, 0.2) is 29.0 Å². The number of likely N-dealkylation sites (tertiary alicyclic amines) is 1. The number of aromatic nitrogens is 1. The summed E-state index contributed by atoms with van der Waals surface area (Å²) >= 11 is 1.76. The summed E-state index contributed by atoms with van der Waals surface area (Å²) in [5.74, 6) is 1.07. The van der Waals surface area contributed by atoms with E-state index in [1.807, 2.05) is 19.2 Å². The first kappa shape index (κ1) is 13.8. The number of hydrogen-bond donors (Lipinski definition) is 1. The molecular formula is C15H21N3OS. The average molecular weight is 291 g/mol. The molecule has 3 heterocycles. The van der Waals surface area contributed by atoms with Gasteiger partial charge in [-0.2, -0.15) is 0 Å². The minimum atomic E-state index is 0.349. The lowest BCUT2D eigenvalue weighted by atomic mass is 10.2. The summed E-state index contributed by atoms with van der Waals surface area (Å²) in [5, 5.41) is 4.68. The van der Waals surface area contributed by atoms with Gasteiger partial charge in [0.05, 0.1) is 17.3 Å². The lowest BCUT2D eigenvalue weighted by molar-refractivity contribution is 0.209. The molecule has 1 atom stereocenters. The highest BCUT2D eigenvalue weighted by Gasteiger charge is 2.25. The van der Waals surface area contributed by atoms with Crippen LogP contribution in [0.2, 0.25) is 0 Å². The molecule has 0 radical (unpaired) electrons. The predicted octanol–water partition coefficient (Wildman–Crippen LogP) is 2.97. The van der Waals surface area contributed by atoms with Crippen LogP contribution < -0.4 is 5.32 Å². The quantitative estimate of drug-likeness (QED) is 0.888. The molecule has 3 rings (SSSR count). The van der Waals surface area contributed by atoms with Crippen LogP contribution in [-0.2, 0) is 6.54 Å². The zero-order chi connectivity index (χ0) is 13.8. The molecule has 0 saturated carbocycles. The summed E-state index contributed by atoms with van der Waals surface area (Å²) in [6.07, 6.45) is 6.33. The van der Waals surface area contributed by atoms with Gasteiger partial charge in [0.15, 0.2) is 0 Å². The number of aryl methyl sites for hydroxylation is 1. The van der Waals surface area contributed by atoms with Gasteiger partial charge in [-0.15, -0.1) is 11.3 Å². The minimum Gasteiger partial charge on any atom is -0.468 e. The summed E-state index contributed by atoms with van der Waals surface area (Å²) in [6.45, 7) is 6.20. The molecule has 108 valence electrons. The SMILES string of the molecule is Cc1ncc(CNCC(c2ccco2)N2CCCC2)s1. The Balaban J connectivity index is 1.58. The molecule has 0 aromatic carbocycles. The van der Waals surface area contributed by atoms with Crippen LogP contribution in [0.5, 0.6) is 0 Å². The van der Waals surface area contributed by atoms with Crippen molar-refractivity contribution in [3.63, 3.8) is 0 Å². The topological polar surface area (TPSA) is 41.3 Å². The van der Waals surface area contributed by atoms with Crippen LogP contribution in [0.25, 0.3) is 0 Å². The molecule has 20 heavy (non-hydrogen) atoms. The maximum absolute atomic E-state index is 5.62. The Morgan fingerprint density at radius 2 is 2.30 bits per heavy atom. The Morgan fingerprint density at radius 1 is 1.45 bits per heavy atom. The van der Waals surface area contributed by atoms with Crippen molar-refractivity contribution in [3.8, 4) is 0 Å². The zero-order valence-electron chi connectivity index (χ0n) is 11.8. The lowest BCUT2D eigenvalue weighted by Crippen LogP contribution is -2.33. The monoisotopic (exact) mass is 291 g/mol. The van der Waals surface area contributed by atoms with E-state index in [4.69, 9.17) is 4.42 Å². The first-order valence-electron chi connectivity index (χ1n) is 7.22. The number of hydrogen-bond acceptors (Lipinski definition) is 5. The molecule has 0 amide bonds. The van der Waals surface area contributed by atoms with Gasteiger partial charge in [0.2, 0.25) is 0 Å². The third-order valence-corrected chi connectivity index (χ3v) is 4.67. The van der Waals surface area contributed by atoms with Crippen molar-refractivity contribution in [2.45, 2.75) is 32.4 Å². The largest absolute Gasteiger partial charge is 0.468 e. The van der Waals surface area contributed by atoms with Crippen LogP contribution >= 0.6 is 11.3 Å². The van der Waals surface area contributed by atoms with Crippen molar-refractivity contribution in [2.24, 2.45) is 0 Å². The van der Waals surface area contributed by atoms with Crippen LogP contribution in [0.4, 0.5) is 0 Å². The van der Waals surface area contributed by atoms with E-state index >= 15 is 0 Å². The molecule has 0 bridgehead atoms. The van der Waals surface area contributed by atoms with E-state index in [9.17, 15) is 0 Å². The van der Waals surface area contributed by atoms with Crippen molar-refractivity contribution >= 4 is 11.3 Å². The number of nitrogens with zero attached hydrogens (tertiary/aromatic N) is 2. The van der Waals surface area contributed by atoms with Gasteiger partial charge in [0.1, 0.15) is 5.76 Å². The number of furan rings is 1. The highest BCUT2D eigenvalue weighted by molar-refractivity contribution is 7.11. The number of rotatable bonds is 6. The van der Waals surface area contributed by atoms with Gasteiger partial charge in [0.25, 0.3) is 0 Å². The van der Waals surface area contributed by atoms with E-state index in [0.29, 0.717) is 6.04 Å². The molecule has 1 fully saturated rings. The van der Waals surface area contributed by atoms with Gasteiger partial charge >= 0.3 is 0 Å². The fourth-order valence-electron chi connectivity index (χ4n) is 2.76. The van der Waals surface area contributed by atoms with E-state index in [1.54, 1.807) is 17.6 Å². The second-order valence-corrected chi connectivity index (χ2v) is 6.57. The van der Waals surface area contributed by atoms with Crippen molar-refractivity contribution in [3.05, 3.63) is 40.2 Å². The molecular weight excluding hydrogens is 270 g/mol. The van der Waals surface area contributed by atoms with Gasteiger partial charge < -0.3 is 9.73 Å². The molecule has 0 aliphatic carbocycles. The van der Waals surface area contributed by atoms with Gasteiger partial charge in [-0.25, -0.2) is 4.98 Å². The maximum atomic E-state index is 5.62. The van der Waals surface area contributed by atoms with Crippen LogP contribution in [0.3, 0.4) is 0 Å². The number of thiazole rings is 1. The van der Waals surface area contributed by atoms with E-state index < -0.39 is 0 Å². The summed E-state index contributed by atoms with van der Waals surface area (Å²) < 4.78 is 5.62. The number of nitrogens with one attached hydrogen (secondary N) is 1. The predicted molar refractivity (Wildman–Crippen MR) is 80.8 cm³/mol. The van der Waals surface area contributed by atoms with E-state index in [1.165, 1.54) is 30.8 Å². The van der Waals surface area contributed by atoms with Crippen LogP contribution in [0.1, 0.15) is 34.5 Å². The Kier molecular flexibility index (Phi) is 4.50. The van der Waals surface area contributed by atoms with Gasteiger partial charge in [-0.05, 0) is 45.0 Å². The normalized spacial score (nSPS) is 17.6. The molecule has 2 aromatic heterocycles. The van der Waals surface area contributed by atoms with Crippen molar-refractivity contribution in [1.29, 1.82) is 0 Å². The standard InChI is InChI=1S/C15H21N3OS/c1-12-17-10-13(20-12)9-16-11-14(15-5-4-8-19-15)18-6-2-3-7-18/h4-5,8,10,14,16H,2-3,6-7,9,11H2,1H3. The van der Waals surface area contributed by atoms with E-state index in [-0.39, 0.29) is 0 Å². The fourth-order valence-corrected chi connectivity index (χ4v) is 3.53. The van der Waals surface area contributed by atoms with Gasteiger partial charge in [-0.3, -0.25) is 4.90 Å². The Bertz CT molecular complexity index is 517. The minimum absolute atomic E-state index is 0.349. The summed E-state index contributed by atoms with van der Waals surface area (Å²) in [5.41, 5.74) is 0. The third-order valence-electron chi connectivity index (χ3n) is 3.76. The molecule has 4 nitrogen and oxygen atoms in total. The first-order valence-corrected chi connectivity index (χ1v) is 8.04. The summed E-state index contributed by atoms with van der Waals surface area (Å²) in [7, 11) is 0. The molecule has 1 N–H and O–H groups in total. The van der Waals surface area contributed by atoms with Crippen molar-refractivity contribution in [2.75, 3.05) is 19.6 Å². The highest BCUT2D eigenvalue weighted by atomic mass is 32.1. The Morgan fingerprint density at radius 3 is 2.95 bits per heavy atom. The molecule has 1 aliphatic heterocycles. The average Bonchev–Trinajstić information content (AvgIpc) is 3.18. The molecule has 5 heteroatoms. The Hall–Kier alpha value is -1.17. The summed E-state index contributed by atoms with van der Waals surface area (Å²) in [4.78, 5) is 8.10. The van der Waals surface area contributed by atoms with E-state index in [2.05, 4.69) is 21.3 Å². The Labute approximate surface area is 123 Å². The first-order chi connectivity index (χ1) is 9.83. The van der Waals surface area contributed by atoms with Gasteiger partial charge in [-0.1, -0.05) is 0 Å².